The van der Waals surface area contributed by atoms with Crippen molar-refractivity contribution in [1.29, 1.82) is 0 Å². The molecule has 32 heavy (non-hydrogen) atoms. The molecule has 1 aliphatic carbocycles. The predicted molar refractivity (Wildman–Crippen MR) is 125 cm³/mol. The van der Waals surface area contributed by atoms with Gasteiger partial charge in [-0.3, -0.25) is 9.79 Å². The van der Waals surface area contributed by atoms with Gasteiger partial charge in [0, 0.05) is 37.3 Å². The maximum atomic E-state index is 12.1. The number of aryl methyl sites for hydroxylation is 1. The number of nitrogens with one attached hydrogen (secondary N) is 4. The van der Waals surface area contributed by atoms with Crippen molar-refractivity contribution in [3.05, 3.63) is 23.7 Å². The third-order valence-corrected chi connectivity index (χ3v) is 5.09. The van der Waals surface area contributed by atoms with Crippen molar-refractivity contribution in [2.24, 2.45) is 4.99 Å². The molecule has 9 nitrogen and oxygen atoms in total. The van der Waals surface area contributed by atoms with Crippen LogP contribution in [0.1, 0.15) is 75.9 Å². The number of hydrogen-bond acceptors (Lipinski definition) is 5. The fourth-order valence-corrected chi connectivity index (χ4v) is 3.53. The topological polar surface area (TPSA) is 117 Å². The molecule has 1 heterocycles. The highest BCUT2D eigenvalue weighted by Crippen LogP contribution is 2.19. The molecule has 1 aliphatic rings. The molecule has 1 aromatic rings. The minimum Gasteiger partial charge on any atom is -0.459 e. The second-order valence-corrected chi connectivity index (χ2v) is 9.14. The third kappa shape index (κ3) is 9.20. The van der Waals surface area contributed by atoms with Crippen molar-refractivity contribution in [3.63, 3.8) is 0 Å². The van der Waals surface area contributed by atoms with Crippen LogP contribution in [0.4, 0.5) is 4.79 Å². The quantitative estimate of drug-likeness (QED) is 0.275. The number of nitrogens with zero attached hydrogens (tertiary/aromatic N) is 1. The smallest absolute Gasteiger partial charge is 0.407 e. The number of aliphatic imine (C=N–C) groups is 1. The van der Waals surface area contributed by atoms with Gasteiger partial charge < -0.3 is 30.4 Å². The Bertz CT molecular complexity index is 761. The first kappa shape index (κ1) is 25.5. The SMILES string of the molecule is CCNC(=NCCCNC(=O)c1occc1C)NC1CCC(NC(=O)OC(C)(C)C)CC1. The van der Waals surface area contributed by atoms with Crippen LogP contribution in [0.3, 0.4) is 0 Å². The maximum Gasteiger partial charge on any atom is 0.407 e. The van der Waals surface area contributed by atoms with Crippen LogP contribution in [-0.4, -0.2) is 55.3 Å². The lowest BCUT2D eigenvalue weighted by Crippen LogP contribution is -2.48. The highest BCUT2D eigenvalue weighted by Gasteiger charge is 2.25. The standard InChI is InChI=1S/C23H39N5O4/c1-6-24-21(26-14-7-13-25-20(29)19-16(2)12-15-31-19)27-17-8-10-18(11-9-17)28-22(30)32-23(3,4)5/h12,15,17-18H,6-11,13-14H2,1-5H3,(H,25,29)(H,28,30)(H2,24,26,27). The van der Waals surface area contributed by atoms with Gasteiger partial charge in [0.15, 0.2) is 11.7 Å². The molecule has 0 aromatic carbocycles. The van der Waals surface area contributed by atoms with Gasteiger partial charge in [-0.05, 0) is 72.8 Å². The zero-order chi connectivity index (χ0) is 23.6. The molecule has 0 radical (unpaired) electrons. The molecular weight excluding hydrogens is 410 g/mol. The van der Waals surface area contributed by atoms with Crippen LogP contribution in [-0.2, 0) is 4.74 Å². The first-order valence-corrected chi connectivity index (χ1v) is 11.5. The highest BCUT2D eigenvalue weighted by molar-refractivity contribution is 5.92. The molecule has 0 bridgehead atoms. The Morgan fingerprint density at radius 3 is 2.34 bits per heavy atom. The molecule has 0 unspecified atom stereocenters. The van der Waals surface area contributed by atoms with Crippen LogP contribution in [0.2, 0.25) is 0 Å². The van der Waals surface area contributed by atoms with Crippen molar-refractivity contribution in [3.8, 4) is 0 Å². The number of alkyl carbamates (subject to hydrolysis) is 1. The average molecular weight is 450 g/mol. The first-order chi connectivity index (χ1) is 15.2. The van der Waals surface area contributed by atoms with Crippen molar-refractivity contribution >= 4 is 18.0 Å². The van der Waals surface area contributed by atoms with E-state index in [1.165, 1.54) is 6.26 Å². The van der Waals surface area contributed by atoms with E-state index in [0.717, 1.165) is 50.2 Å². The van der Waals surface area contributed by atoms with Crippen LogP contribution in [0.15, 0.2) is 21.7 Å². The van der Waals surface area contributed by atoms with Crippen molar-refractivity contribution < 1.29 is 18.7 Å². The molecule has 2 amide bonds. The Morgan fingerprint density at radius 2 is 1.78 bits per heavy atom. The highest BCUT2D eigenvalue weighted by atomic mass is 16.6. The number of carbonyl (C=O) groups excluding carboxylic acids is 2. The molecule has 1 aromatic heterocycles. The second kappa shape index (κ2) is 12.4. The minimum atomic E-state index is -0.486. The van der Waals surface area contributed by atoms with Crippen molar-refractivity contribution in [2.75, 3.05) is 19.6 Å². The van der Waals surface area contributed by atoms with Gasteiger partial charge in [-0.25, -0.2) is 4.79 Å². The van der Waals surface area contributed by atoms with Crippen LogP contribution >= 0.6 is 0 Å². The summed E-state index contributed by atoms with van der Waals surface area (Å²) in [7, 11) is 0. The molecule has 2 rings (SSSR count). The van der Waals surface area contributed by atoms with E-state index in [1.54, 1.807) is 6.07 Å². The number of ether oxygens (including phenoxy) is 1. The van der Waals surface area contributed by atoms with E-state index >= 15 is 0 Å². The van der Waals surface area contributed by atoms with Gasteiger partial charge in [-0.1, -0.05) is 0 Å². The minimum absolute atomic E-state index is 0.142. The largest absolute Gasteiger partial charge is 0.459 e. The number of hydrogen-bond donors (Lipinski definition) is 4. The lowest BCUT2D eigenvalue weighted by Gasteiger charge is -2.31. The Morgan fingerprint density at radius 1 is 1.12 bits per heavy atom. The fourth-order valence-electron chi connectivity index (χ4n) is 3.53. The molecule has 4 N–H and O–H groups in total. The van der Waals surface area contributed by atoms with Gasteiger partial charge in [-0.2, -0.15) is 0 Å². The maximum absolute atomic E-state index is 12.1. The molecule has 1 fully saturated rings. The summed E-state index contributed by atoms with van der Waals surface area (Å²) in [5, 5.41) is 12.6. The van der Waals surface area contributed by atoms with E-state index in [9.17, 15) is 9.59 Å². The molecule has 1 saturated carbocycles. The first-order valence-electron chi connectivity index (χ1n) is 11.5. The molecule has 0 atom stereocenters. The average Bonchev–Trinajstić information content (AvgIpc) is 3.13. The van der Waals surface area contributed by atoms with Gasteiger partial charge in [0.1, 0.15) is 5.60 Å². The predicted octanol–water partition coefficient (Wildman–Crippen LogP) is 3.10. The summed E-state index contributed by atoms with van der Waals surface area (Å²) in [4.78, 5) is 28.6. The number of carbonyl (C=O) groups is 2. The van der Waals surface area contributed by atoms with Gasteiger partial charge in [0.2, 0.25) is 0 Å². The summed E-state index contributed by atoms with van der Waals surface area (Å²) < 4.78 is 10.5. The number of amides is 2. The Balaban J connectivity index is 1.69. The zero-order valence-corrected chi connectivity index (χ0v) is 20.0. The normalized spacial score (nSPS) is 19.2. The Hall–Kier alpha value is -2.71. The molecule has 0 spiro atoms. The lowest BCUT2D eigenvalue weighted by molar-refractivity contribution is 0.0490. The summed E-state index contributed by atoms with van der Waals surface area (Å²) >= 11 is 0. The number of guanidine groups is 1. The monoisotopic (exact) mass is 449 g/mol. The van der Waals surface area contributed by atoms with E-state index in [0.29, 0.717) is 24.9 Å². The zero-order valence-electron chi connectivity index (χ0n) is 20.0. The molecule has 0 aliphatic heterocycles. The van der Waals surface area contributed by atoms with Gasteiger partial charge >= 0.3 is 6.09 Å². The molecular formula is C23H39N5O4. The van der Waals surface area contributed by atoms with E-state index in [-0.39, 0.29) is 18.0 Å². The van der Waals surface area contributed by atoms with Crippen molar-refractivity contribution in [2.45, 2.75) is 84.4 Å². The summed E-state index contributed by atoms with van der Waals surface area (Å²) in [5.74, 6) is 0.947. The summed E-state index contributed by atoms with van der Waals surface area (Å²) in [5.41, 5.74) is 0.343. The lowest BCUT2D eigenvalue weighted by atomic mass is 9.91. The van der Waals surface area contributed by atoms with Gasteiger partial charge in [0.25, 0.3) is 5.91 Å². The van der Waals surface area contributed by atoms with E-state index in [1.807, 2.05) is 34.6 Å². The summed E-state index contributed by atoms with van der Waals surface area (Å²) in [6, 6.07) is 2.23. The summed E-state index contributed by atoms with van der Waals surface area (Å²) in [6.45, 7) is 11.4. The van der Waals surface area contributed by atoms with Crippen LogP contribution in [0.25, 0.3) is 0 Å². The van der Waals surface area contributed by atoms with Gasteiger partial charge in [0.05, 0.1) is 6.26 Å². The second-order valence-electron chi connectivity index (χ2n) is 9.14. The number of furan rings is 1. The van der Waals surface area contributed by atoms with E-state index < -0.39 is 5.60 Å². The van der Waals surface area contributed by atoms with Gasteiger partial charge in [-0.15, -0.1) is 0 Å². The summed E-state index contributed by atoms with van der Waals surface area (Å²) in [6.07, 6.45) is 5.59. The van der Waals surface area contributed by atoms with Crippen LogP contribution in [0.5, 0.6) is 0 Å². The molecule has 180 valence electrons. The fraction of sp³-hybridized carbons (Fsp3) is 0.696. The van der Waals surface area contributed by atoms with E-state index in [4.69, 9.17) is 9.15 Å². The van der Waals surface area contributed by atoms with Crippen molar-refractivity contribution in [1.82, 2.24) is 21.3 Å². The Labute approximate surface area is 191 Å². The molecule has 9 heteroatoms. The van der Waals surface area contributed by atoms with Crippen LogP contribution in [0, 0.1) is 6.92 Å². The van der Waals surface area contributed by atoms with Crippen LogP contribution < -0.4 is 21.3 Å². The third-order valence-electron chi connectivity index (χ3n) is 5.09. The molecule has 0 saturated heterocycles. The number of rotatable bonds is 8. The van der Waals surface area contributed by atoms with E-state index in [2.05, 4.69) is 26.3 Å². The Kier molecular flexibility index (Phi) is 9.87.